The molecule has 124 valence electrons. The second-order valence-electron chi connectivity index (χ2n) is 6.83. The van der Waals surface area contributed by atoms with E-state index in [-0.39, 0.29) is 5.60 Å². The average Bonchev–Trinajstić information content (AvgIpc) is 2.38. The summed E-state index contributed by atoms with van der Waals surface area (Å²) in [4.78, 5) is 0. The van der Waals surface area contributed by atoms with Crippen molar-refractivity contribution in [2.24, 2.45) is 17.8 Å². The molecule has 2 unspecified atom stereocenters. The van der Waals surface area contributed by atoms with Gasteiger partial charge in [0.15, 0.2) is 0 Å². The molecule has 0 aliphatic heterocycles. The standard InChI is InChI=1S/C14H30O.C4H10O/c1-11(2)9-8-10-14(6,15-7)13(5)12(3)4;1-3-4-5-2/h11-13H,8-10H2,1-7H3;3-4H2,1-2H3. The maximum Gasteiger partial charge on any atom is 0.0678 e. The van der Waals surface area contributed by atoms with Crippen LogP contribution in [0.3, 0.4) is 0 Å². The van der Waals surface area contributed by atoms with Crippen LogP contribution in [0.5, 0.6) is 0 Å². The minimum absolute atomic E-state index is 0.0586. The molecule has 2 nitrogen and oxygen atoms in total. The molecule has 0 rings (SSSR count). The van der Waals surface area contributed by atoms with E-state index < -0.39 is 0 Å². The van der Waals surface area contributed by atoms with Gasteiger partial charge in [0.25, 0.3) is 0 Å². The van der Waals surface area contributed by atoms with Crippen LogP contribution < -0.4 is 0 Å². The lowest BCUT2D eigenvalue weighted by Gasteiger charge is -2.37. The van der Waals surface area contributed by atoms with E-state index in [1.54, 1.807) is 7.11 Å². The Morgan fingerprint density at radius 1 is 1.00 bits per heavy atom. The zero-order valence-electron chi connectivity index (χ0n) is 15.6. The highest BCUT2D eigenvalue weighted by atomic mass is 16.5. The fraction of sp³-hybridized carbons (Fsp3) is 1.00. The van der Waals surface area contributed by atoms with Gasteiger partial charge in [-0.25, -0.2) is 0 Å². The van der Waals surface area contributed by atoms with E-state index in [9.17, 15) is 0 Å². The summed E-state index contributed by atoms with van der Waals surface area (Å²) in [5.41, 5.74) is 0.0586. The van der Waals surface area contributed by atoms with Crippen molar-refractivity contribution in [2.75, 3.05) is 20.8 Å². The highest BCUT2D eigenvalue weighted by Gasteiger charge is 2.32. The van der Waals surface area contributed by atoms with Crippen molar-refractivity contribution < 1.29 is 9.47 Å². The van der Waals surface area contributed by atoms with Crippen LogP contribution in [-0.2, 0) is 9.47 Å². The molecule has 0 aromatic carbocycles. The molecule has 0 aliphatic carbocycles. The van der Waals surface area contributed by atoms with Crippen molar-refractivity contribution in [1.82, 2.24) is 0 Å². The van der Waals surface area contributed by atoms with Gasteiger partial charge in [-0.1, -0.05) is 54.4 Å². The van der Waals surface area contributed by atoms with Crippen molar-refractivity contribution in [1.29, 1.82) is 0 Å². The molecular formula is C18H40O2. The van der Waals surface area contributed by atoms with Gasteiger partial charge in [0.2, 0.25) is 0 Å². The number of ether oxygens (including phenoxy) is 2. The van der Waals surface area contributed by atoms with E-state index in [1.165, 1.54) is 19.3 Å². The maximum absolute atomic E-state index is 5.74. The fourth-order valence-corrected chi connectivity index (χ4v) is 2.29. The number of rotatable bonds is 9. The molecule has 2 atom stereocenters. The Hall–Kier alpha value is -0.0800. The van der Waals surface area contributed by atoms with Crippen molar-refractivity contribution in [3.63, 3.8) is 0 Å². The molecule has 0 spiro atoms. The lowest BCUT2D eigenvalue weighted by molar-refractivity contribution is -0.0602. The van der Waals surface area contributed by atoms with Crippen LogP contribution in [0.2, 0.25) is 0 Å². The van der Waals surface area contributed by atoms with Gasteiger partial charge < -0.3 is 9.47 Å². The van der Waals surface area contributed by atoms with Gasteiger partial charge in [-0.3, -0.25) is 0 Å². The lowest BCUT2D eigenvalue weighted by Crippen LogP contribution is -2.38. The quantitative estimate of drug-likeness (QED) is 0.553. The van der Waals surface area contributed by atoms with Crippen molar-refractivity contribution >= 4 is 0 Å². The molecule has 0 saturated heterocycles. The van der Waals surface area contributed by atoms with Gasteiger partial charge in [0, 0.05) is 20.8 Å². The van der Waals surface area contributed by atoms with Gasteiger partial charge in [-0.2, -0.15) is 0 Å². The highest BCUT2D eigenvalue weighted by molar-refractivity contribution is 4.83. The Morgan fingerprint density at radius 3 is 1.80 bits per heavy atom. The minimum atomic E-state index is 0.0586. The third-order valence-corrected chi connectivity index (χ3v) is 4.29. The van der Waals surface area contributed by atoms with Gasteiger partial charge in [0.05, 0.1) is 5.60 Å². The van der Waals surface area contributed by atoms with Gasteiger partial charge >= 0.3 is 0 Å². The summed E-state index contributed by atoms with van der Waals surface area (Å²) in [6.07, 6.45) is 4.89. The van der Waals surface area contributed by atoms with Crippen LogP contribution in [0.1, 0.15) is 74.1 Å². The molecule has 0 fully saturated rings. The summed E-state index contributed by atoms with van der Waals surface area (Å²) in [6, 6.07) is 0. The van der Waals surface area contributed by atoms with Crippen molar-refractivity contribution in [3.8, 4) is 0 Å². The van der Waals surface area contributed by atoms with E-state index in [1.807, 2.05) is 7.11 Å². The zero-order valence-corrected chi connectivity index (χ0v) is 15.6. The van der Waals surface area contributed by atoms with Gasteiger partial charge in [-0.15, -0.1) is 0 Å². The Kier molecular flexibility index (Phi) is 14.0. The largest absolute Gasteiger partial charge is 0.385 e. The first kappa shape index (κ1) is 22.2. The normalized spacial score (nSPS) is 15.8. The molecule has 2 heteroatoms. The molecule has 0 radical (unpaired) electrons. The highest BCUT2D eigenvalue weighted by Crippen LogP contribution is 2.32. The second kappa shape index (κ2) is 12.6. The predicted octanol–water partition coefficient (Wildman–Crippen LogP) is 5.55. The summed E-state index contributed by atoms with van der Waals surface area (Å²) in [6.45, 7) is 16.7. The first-order valence-electron chi connectivity index (χ1n) is 8.29. The van der Waals surface area contributed by atoms with E-state index in [2.05, 4.69) is 48.5 Å². The Labute approximate surface area is 128 Å². The Morgan fingerprint density at radius 2 is 1.55 bits per heavy atom. The zero-order chi connectivity index (χ0) is 16.2. The van der Waals surface area contributed by atoms with Gasteiger partial charge in [0.1, 0.15) is 0 Å². The molecule has 0 aromatic rings. The van der Waals surface area contributed by atoms with Crippen LogP contribution in [0, 0.1) is 17.8 Å². The first-order chi connectivity index (χ1) is 9.25. The van der Waals surface area contributed by atoms with Crippen LogP contribution in [0.25, 0.3) is 0 Å². The van der Waals surface area contributed by atoms with Crippen molar-refractivity contribution in [2.45, 2.75) is 79.8 Å². The smallest absolute Gasteiger partial charge is 0.0678 e. The van der Waals surface area contributed by atoms with E-state index in [0.717, 1.165) is 18.9 Å². The monoisotopic (exact) mass is 288 g/mol. The number of hydrogen-bond donors (Lipinski definition) is 0. The third kappa shape index (κ3) is 10.7. The Bertz CT molecular complexity index is 200. The summed E-state index contributed by atoms with van der Waals surface area (Å²) < 4.78 is 10.4. The van der Waals surface area contributed by atoms with Crippen LogP contribution >= 0.6 is 0 Å². The summed E-state index contributed by atoms with van der Waals surface area (Å²) in [7, 11) is 3.57. The second-order valence-corrected chi connectivity index (χ2v) is 6.83. The summed E-state index contributed by atoms with van der Waals surface area (Å²) in [5.74, 6) is 2.11. The van der Waals surface area contributed by atoms with Gasteiger partial charge in [-0.05, 0) is 37.5 Å². The number of methoxy groups -OCH3 is 2. The van der Waals surface area contributed by atoms with E-state index in [4.69, 9.17) is 9.47 Å². The molecule has 0 bridgehead atoms. The van der Waals surface area contributed by atoms with Crippen molar-refractivity contribution in [3.05, 3.63) is 0 Å². The van der Waals surface area contributed by atoms with Crippen LogP contribution in [0.15, 0.2) is 0 Å². The fourth-order valence-electron chi connectivity index (χ4n) is 2.29. The SMILES string of the molecule is CCCOC.COC(C)(CCCC(C)C)C(C)C(C)C. The lowest BCUT2D eigenvalue weighted by atomic mass is 9.78. The average molecular weight is 289 g/mol. The summed E-state index contributed by atoms with van der Waals surface area (Å²) >= 11 is 0. The molecule has 0 N–H and O–H groups in total. The van der Waals surface area contributed by atoms with E-state index >= 15 is 0 Å². The maximum atomic E-state index is 5.74. The number of hydrogen-bond acceptors (Lipinski definition) is 2. The first-order valence-corrected chi connectivity index (χ1v) is 8.29. The van der Waals surface area contributed by atoms with Crippen LogP contribution in [0.4, 0.5) is 0 Å². The Balaban J connectivity index is 0. The molecule has 0 aromatic heterocycles. The van der Waals surface area contributed by atoms with E-state index in [0.29, 0.717) is 11.8 Å². The molecule has 20 heavy (non-hydrogen) atoms. The molecule has 0 saturated carbocycles. The topological polar surface area (TPSA) is 18.5 Å². The molecule has 0 heterocycles. The molecule has 0 amide bonds. The molecule has 0 aliphatic rings. The molecular weight excluding hydrogens is 248 g/mol. The minimum Gasteiger partial charge on any atom is -0.385 e. The predicted molar refractivity (Wildman–Crippen MR) is 90.3 cm³/mol. The summed E-state index contributed by atoms with van der Waals surface area (Å²) in [5, 5.41) is 0. The third-order valence-electron chi connectivity index (χ3n) is 4.29. The van der Waals surface area contributed by atoms with Crippen LogP contribution in [-0.4, -0.2) is 26.4 Å².